The number of nitrogens with zero attached hydrogens (tertiary/aromatic N) is 2. The zero-order chi connectivity index (χ0) is 11.9. The summed E-state index contributed by atoms with van der Waals surface area (Å²) in [6.45, 7) is 0. The minimum absolute atomic E-state index is 0. The van der Waals surface area contributed by atoms with Crippen molar-refractivity contribution < 1.29 is 83.5 Å². The molecule has 0 aliphatic rings. The maximum atomic E-state index is 12.7. The number of alkyl halides is 7. The van der Waals surface area contributed by atoms with Gasteiger partial charge in [0.1, 0.15) is 6.33 Å². The van der Waals surface area contributed by atoms with Crippen molar-refractivity contribution in [3.8, 4) is 0 Å². The Bertz CT molecular complexity index is 338. The molecule has 11 heteroatoms. The molecule has 0 unspecified atom stereocenters. The summed E-state index contributed by atoms with van der Waals surface area (Å²) < 4.78 is 84.8. The normalized spacial score (nSPS) is 13.4. The fourth-order valence-corrected chi connectivity index (χ4v) is 0.683. The number of aromatic amines is 1. The number of H-pyrrole nitrogens is 1. The summed E-state index contributed by atoms with van der Waals surface area (Å²) >= 11 is 0. The topological polar surface area (TPSA) is 41.6 Å². The molecule has 16 heavy (non-hydrogen) atoms. The molecule has 0 aliphatic carbocycles. The van der Waals surface area contributed by atoms with Crippen LogP contribution in [-0.4, -0.2) is 27.3 Å². The third kappa shape index (κ3) is 2.58. The van der Waals surface area contributed by atoms with Gasteiger partial charge in [-0.25, -0.2) is 4.98 Å². The maximum absolute atomic E-state index is 12.7. The molecule has 0 saturated carbocycles. The quantitative estimate of drug-likeness (QED) is 0.568. The van der Waals surface area contributed by atoms with Crippen molar-refractivity contribution >= 4 is 0 Å². The van der Waals surface area contributed by atoms with Gasteiger partial charge in [0.2, 0.25) is 5.82 Å². The predicted molar refractivity (Wildman–Crippen MR) is 32.4 cm³/mol. The van der Waals surface area contributed by atoms with Crippen LogP contribution in [0, 0.1) is 0 Å². The van der Waals surface area contributed by atoms with E-state index in [1.807, 2.05) is 0 Å². The average Bonchev–Trinajstić information content (AvgIpc) is 2.53. The van der Waals surface area contributed by atoms with Crippen LogP contribution in [0.4, 0.5) is 30.7 Å². The second-order valence-corrected chi connectivity index (χ2v) is 2.48. The molecule has 1 aromatic heterocycles. The molecule has 0 aromatic carbocycles. The van der Waals surface area contributed by atoms with E-state index in [1.54, 1.807) is 0 Å². The fraction of sp³-hybridized carbons (Fsp3) is 0.600. The van der Waals surface area contributed by atoms with E-state index in [0.29, 0.717) is 6.33 Å². The monoisotopic (exact) mass is 277 g/mol. The van der Waals surface area contributed by atoms with Crippen LogP contribution in [0.5, 0.6) is 0 Å². The minimum atomic E-state index is -6.37. The average molecular weight is 277 g/mol. The van der Waals surface area contributed by atoms with Crippen LogP contribution in [0.25, 0.3) is 0 Å². The van der Waals surface area contributed by atoms with Gasteiger partial charge in [0.15, 0.2) is 0 Å². The van der Waals surface area contributed by atoms with Crippen molar-refractivity contribution in [2.45, 2.75) is 18.0 Å². The third-order valence-corrected chi connectivity index (χ3v) is 1.46. The summed E-state index contributed by atoms with van der Waals surface area (Å²) in [5, 5.41) is 4.03. The van der Waals surface area contributed by atoms with Gasteiger partial charge in [0.25, 0.3) is 0 Å². The summed E-state index contributed by atoms with van der Waals surface area (Å²) in [6, 6.07) is 0. The van der Waals surface area contributed by atoms with Crippen LogP contribution in [0.2, 0.25) is 0 Å². The Morgan fingerprint density at radius 2 is 1.56 bits per heavy atom. The number of aromatic nitrogens is 3. The molecule has 0 amide bonds. The Labute approximate surface area is 128 Å². The van der Waals surface area contributed by atoms with Gasteiger partial charge in [-0.3, -0.25) is 5.10 Å². The molecule has 0 atom stereocenters. The van der Waals surface area contributed by atoms with Crippen LogP contribution in [0.3, 0.4) is 0 Å². The molecule has 88 valence electrons. The smallest absolute Gasteiger partial charge is 1.00 e. The SMILES string of the molecule is FC(F)(F)C(F)(F)C(F)(F)c1ncn[nH]1.[H-].[K+]. The van der Waals surface area contributed by atoms with E-state index in [2.05, 4.69) is 10.1 Å². The predicted octanol–water partition coefficient (Wildman–Crippen LogP) is -0.789. The molecule has 0 fully saturated rings. The van der Waals surface area contributed by atoms with Crippen LogP contribution < -0.4 is 51.4 Å². The van der Waals surface area contributed by atoms with Gasteiger partial charge in [0, 0.05) is 0 Å². The van der Waals surface area contributed by atoms with Crippen molar-refractivity contribution in [3.63, 3.8) is 0 Å². The Hall–Kier alpha value is 0.286. The summed E-state index contributed by atoms with van der Waals surface area (Å²) in [4.78, 5) is 2.57. The van der Waals surface area contributed by atoms with Gasteiger partial charge in [-0.1, -0.05) is 0 Å². The molecule has 1 heterocycles. The minimum Gasteiger partial charge on any atom is -1.00 e. The van der Waals surface area contributed by atoms with E-state index >= 15 is 0 Å². The second-order valence-electron chi connectivity index (χ2n) is 2.48. The van der Waals surface area contributed by atoms with E-state index < -0.39 is 23.8 Å². The van der Waals surface area contributed by atoms with Crippen molar-refractivity contribution in [1.82, 2.24) is 15.2 Å². The fourth-order valence-electron chi connectivity index (χ4n) is 0.683. The number of hydrogen-bond acceptors (Lipinski definition) is 2. The second kappa shape index (κ2) is 4.88. The molecule has 0 spiro atoms. The standard InChI is InChI=1S/C5H2F7N3.K.H/c6-3(7,2-13-1-14-15-2)4(8,9)5(10,11)12;;/h1H,(H,13,14,15);;/q;+1;-1. The zero-order valence-electron chi connectivity index (χ0n) is 8.62. The molecule has 0 bridgehead atoms. The number of halogens is 7. The molecule has 1 rings (SSSR count). The Morgan fingerprint density at radius 1 is 1.06 bits per heavy atom. The van der Waals surface area contributed by atoms with Gasteiger partial charge < -0.3 is 1.43 Å². The van der Waals surface area contributed by atoms with E-state index in [9.17, 15) is 30.7 Å². The van der Waals surface area contributed by atoms with Crippen molar-refractivity contribution in [2.75, 3.05) is 0 Å². The van der Waals surface area contributed by atoms with E-state index in [-0.39, 0.29) is 52.8 Å². The van der Waals surface area contributed by atoms with Gasteiger partial charge in [-0.15, -0.1) is 0 Å². The van der Waals surface area contributed by atoms with E-state index in [0.717, 1.165) is 0 Å². The molecule has 0 radical (unpaired) electrons. The van der Waals surface area contributed by atoms with Crippen molar-refractivity contribution in [3.05, 3.63) is 12.2 Å². The first kappa shape index (κ1) is 16.3. The van der Waals surface area contributed by atoms with Gasteiger partial charge in [0.05, 0.1) is 0 Å². The molecule has 3 nitrogen and oxygen atoms in total. The molecular formula is C5H3F7KN3. The molecule has 0 aliphatic heterocycles. The van der Waals surface area contributed by atoms with Crippen LogP contribution in [0.1, 0.15) is 7.25 Å². The van der Waals surface area contributed by atoms with Gasteiger partial charge in [-0.2, -0.15) is 35.8 Å². The van der Waals surface area contributed by atoms with E-state index in [1.165, 1.54) is 5.10 Å². The summed E-state index contributed by atoms with van der Waals surface area (Å²) in [5.74, 6) is -13.5. The summed E-state index contributed by atoms with van der Waals surface area (Å²) in [5.41, 5.74) is 0. The van der Waals surface area contributed by atoms with Crippen molar-refractivity contribution in [2.24, 2.45) is 0 Å². The molecule has 1 N–H and O–H groups in total. The summed E-state index contributed by atoms with van der Waals surface area (Å²) in [7, 11) is 0. The Balaban J connectivity index is 0. The van der Waals surface area contributed by atoms with Crippen LogP contribution in [-0.2, 0) is 5.92 Å². The molecular weight excluding hydrogens is 274 g/mol. The molecule has 1 aromatic rings. The molecule has 0 saturated heterocycles. The third-order valence-electron chi connectivity index (χ3n) is 1.46. The first-order valence-electron chi connectivity index (χ1n) is 3.29. The van der Waals surface area contributed by atoms with Crippen LogP contribution >= 0.6 is 0 Å². The largest absolute Gasteiger partial charge is 1.00 e. The first-order chi connectivity index (χ1) is 6.61. The van der Waals surface area contributed by atoms with Gasteiger partial charge in [-0.05, 0) is 0 Å². The Morgan fingerprint density at radius 3 is 1.88 bits per heavy atom. The van der Waals surface area contributed by atoms with Gasteiger partial charge >= 0.3 is 69.4 Å². The van der Waals surface area contributed by atoms with E-state index in [4.69, 9.17) is 0 Å². The van der Waals surface area contributed by atoms with Crippen LogP contribution in [0.15, 0.2) is 6.33 Å². The maximum Gasteiger partial charge on any atom is 1.00 e. The summed E-state index contributed by atoms with van der Waals surface area (Å²) in [6.07, 6.45) is -5.97. The number of rotatable bonds is 2. The number of hydrogen-bond donors (Lipinski definition) is 1. The van der Waals surface area contributed by atoms with Crippen molar-refractivity contribution in [1.29, 1.82) is 0 Å². The first-order valence-corrected chi connectivity index (χ1v) is 3.29. The number of nitrogens with one attached hydrogen (secondary N) is 1. The Kier molecular flexibility index (Phi) is 4.97. The zero-order valence-corrected chi connectivity index (χ0v) is 10.7.